The minimum atomic E-state index is -1.90. The number of ether oxygens (including phenoxy) is 2. The third-order valence-corrected chi connectivity index (χ3v) is 12.8. The van der Waals surface area contributed by atoms with Gasteiger partial charge in [0.1, 0.15) is 34.5 Å². The third kappa shape index (κ3) is 8.86. The first-order chi connectivity index (χ1) is 23.6. The molecule has 5 rings (SSSR count). The minimum Gasteiger partial charge on any atom is -0.540 e. The van der Waals surface area contributed by atoms with Crippen LogP contribution >= 0.6 is 0 Å². The summed E-state index contributed by atoms with van der Waals surface area (Å²) in [6.07, 6.45) is 0. The molecule has 0 amide bonds. The molecule has 0 aliphatic heterocycles. The van der Waals surface area contributed by atoms with Crippen LogP contribution in [0, 0.1) is 0 Å². The van der Waals surface area contributed by atoms with Crippen molar-refractivity contribution < 1.29 is 18.3 Å². The molecular formula is C44H50O4Si2. The van der Waals surface area contributed by atoms with Crippen LogP contribution in [-0.4, -0.2) is 16.6 Å². The van der Waals surface area contributed by atoms with Gasteiger partial charge in [-0.3, -0.25) is 0 Å². The van der Waals surface area contributed by atoms with Crippen molar-refractivity contribution in [2.75, 3.05) is 0 Å². The molecule has 5 aromatic carbocycles. The van der Waals surface area contributed by atoms with Crippen molar-refractivity contribution in [3.63, 3.8) is 0 Å². The van der Waals surface area contributed by atoms with E-state index in [0.717, 1.165) is 23.0 Å². The van der Waals surface area contributed by atoms with Gasteiger partial charge in [0.25, 0.3) is 16.6 Å². The van der Waals surface area contributed by atoms with Crippen LogP contribution in [0.4, 0.5) is 0 Å². The lowest BCUT2D eigenvalue weighted by Gasteiger charge is -2.27. The maximum Gasteiger partial charge on any atom is 0.269 e. The van der Waals surface area contributed by atoms with Crippen molar-refractivity contribution in [2.24, 2.45) is 0 Å². The lowest BCUT2D eigenvalue weighted by molar-refractivity contribution is 0.459. The standard InChI is InChI=1S/C44H50O4Si2/c1-11-49(7,8)47-39-28-20-35(21-29-39)43(3,4)33-16-24-37(25-17-33)45-41-14-13-15-42(32-41)46-38-26-18-34(19-27-38)44(5,6)36-22-30-40(31-23-36)48-50(9,10)12-2/h11-32H,1-2H2,3-10H3. The average molecular weight is 699 g/mol. The second-order valence-corrected chi connectivity index (χ2v) is 22.5. The van der Waals surface area contributed by atoms with E-state index in [0.29, 0.717) is 11.5 Å². The van der Waals surface area contributed by atoms with E-state index >= 15 is 0 Å². The van der Waals surface area contributed by atoms with Crippen molar-refractivity contribution in [3.8, 4) is 34.5 Å². The summed E-state index contributed by atoms with van der Waals surface area (Å²) in [6, 6.07) is 41.1. The molecule has 0 unspecified atom stereocenters. The Bertz CT molecular complexity index is 1770. The molecule has 0 atom stereocenters. The molecule has 0 aliphatic carbocycles. The van der Waals surface area contributed by atoms with Crippen LogP contribution < -0.4 is 18.3 Å². The molecule has 6 heteroatoms. The first-order valence-electron chi connectivity index (χ1n) is 17.1. The quantitative estimate of drug-likeness (QED) is 0.108. The van der Waals surface area contributed by atoms with Gasteiger partial charge in [-0.15, -0.1) is 13.2 Å². The second kappa shape index (κ2) is 14.6. The Morgan fingerprint density at radius 3 is 0.980 bits per heavy atom. The van der Waals surface area contributed by atoms with Gasteiger partial charge in [-0.05, 0) is 109 Å². The van der Waals surface area contributed by atoms with Gasteiger partial charge < -0.3 is 18.3 Å². The highest BCUT2D eigenvalue weighted by Crippen LogP contribution is 2.37. The van der Waals surface area contributed by atoms with E-state index in [-0.39, 0.29) is 10.8 Å². The first kappa shape index (κ1) is 36.5. The summed E-state index contributed by atoms with van der Waals surface area (Å²) < 4.78 is 24.8. The Morgan fingerprint density at radius 2 is 0.700 bits per heavy atom. The number of benzene rings is 5. The molecule has 0 saturated carbocycles. The summed E-state index contributed by atoms with van der Waals surface area (Å²) in [7, 11) is -3.79. The van der Waals surface area contributed by atoms with E-state index in [1.54, 1.807) is 0 Å². The second-order valence-electron chi connectivity index (χ2n) is 14.8. The van der Waals surface area contributed by atoms with Gasteiger partial charge in [0, 0.05) is 16.9 Å². The predicted molar refractivity (Wildman–Crippen MR) is 213 cm³/mol. The minimum absolute atomic E-state index is 0.190. The average Bonchev–Trinajstić information content (AvgIpc) is 3.09. The number of hydrogen-bond acceptors (Lipinski definition) is 4. The fourth-order valence-corrected chi connectivity index (χ4v) is 7.31. The molecule has 5 aromatic rings. The molecule has 0 saturated heterocycles. The van der Waals surface area contributed by atoms with E-state index in [1.165, 1.54) is 22.3 Å². The summed E-state index contributed by atoms with van der Waals surface area (Å²) in [6.45, 7) is 25.3. The Kier molecular flexibility index (Phi) is 10.7. The van der Waals surface area contributed by atoms with Gasteiger partial charge in [0.05, 0.1) is 0 Å². The number of rotatable bonds is 14. The third-order valence-electron chi connectivity index (χ3n) is 9.33. The van der Waals surface area contributed by atoms with Crippen LogP contribution in [0.15, 0.2) is 146 Å². The van der Waals surface area contributed by atoms with Crippen molar-refractivity contribution in [3.05, 3.63) is 168 Å². The van der Waals surface area contributed by atoms with Crippen molar-refractivity contribution >= 4 is 16.6 Å². The molecule has 50 heavy (non-hydrogen) atoms. The highest BCUT2D eigenvalue weighted by atomic mass is 28.4. The van der Waals surface area contributed by atoms with Crippen LogP contribution in [0.3, 0.4) is 0 Å². The van der Waals surface area contributed by atoms with Gasteiger partial charge >= 0.3 is 0 Å². The molecule has 0 spiro atoms. The van der Waals surface area contributed by atoms with Crippen LogP contribution in [0.2, 0.25) is 26.2 Å². The van der Waals surface area contributed by atoms with Crippen LogP contribution in [0.25, 0.3) is 0 Å². The van der Waals surface area contributed by atoms with Crippen molar-refractivity contribution in [2.45, 2.75) is 64.7 Å². The Balaban J connectivity index is 1.21. The monoisotopic (exact) mass is 698 g/mol. The topological polar surface area (TPSA) is 36.9 Å². The van der Waals surface area contributed by atoms with Gasteiger partial charge in [0.15, 0.2) is 0 Å². The highest BCUT2D eigenvalue weighted by Gasteiger charge is 2.26. The predicted octanol–water partition coefficient (Wildman–Crippen LogP) is 12.5. The fraction of sp³-hybridized carbons (Fsp3) is 0.227. The normalized spacial score (nSPS) is 12.2. The summed E-state index contributed by atoms with van der Waals surface area (Å²) in [5, 5.41) is 0. The highest BCUT2D eigenvalue weighted by molar-refractivity contribution is 6.77. The fourth-order valence-electron chi connectivity index (χ4n) is 5.66. The van der Waals surface area contributed by atoms with E-state index in [4.69, 9.17) is 18.3 Å². The lowest BCUT2D eigenvalue weighted by Crippen LogP contribution is -2.31. The van der Waals surface area contributed by atoms with Gasteiger partial charge in [-0.2, -0.15) is 0 Å². The maximum absolute atomic E-state index is 6.24. The zero-order valence-electron chi connectivity index (χ0n) is 30.7. The Labute approximate surface area is 301 Å². The van der Waals surface area contributed by atoms with Crippen LogP contribution in [-0.2, 0) is 10.8 Å². The Morgan fingerprint density at radius 1 is 0.420 bits per heavy atom. The van der Waals surface area contributed by atoms with Gasteiger partial charge in [-0.1, -0.05) is 93.7 Å². The van der Waals surface area contributed by atoms with Crippen molar-refractivity contribution in [1.82, 2.24) is 0 Å². The smallest absolute Gasteiger partial charge is 0.269 e. The van der Waals surface area contributed by atoms with E-state index < -0.39 is 16.6 Å². The summed E-state index contributed by atoms with van der Waals surface area (Å²) in [5.41, 5.74) is 8.34. The first-order valence-corrected chi connectivity index (χ1v) is 23.1. The largest absolute Gasteiger partial charge is 0.540 e. The molecule has 0 N–H and O–H groups in total. The van der Waals surface area contributed by atoms with Crippen molar-refractivity contribution in [1.29, 1.82) is 0 Å². The Hall–Kier alpha value is -4.79. The molecular weight excluding hydrogens is 649 g/mol. The van der Waals surface area contributed by atoms with Crippen LogP contribution in [0.5, 0.6) is 34.5 Å². The lowest BCUT2D eigenvalue weighted by atomic mass is 9.78. The van der Waals surface area contributed by atoms with Crippen LogP contribution in [0.1, 0.15) is 49.9 Å². The molecule has 0 bridgehead atoms. The van der Waals surface area contributed by atoms with E-state index in [1.807, 2.05) is 59.9 Å². The zero-order valence-corrected chi connectivity index (χ0v) is 32.7. The summed E-state index contributed by atoms with van der Waals surface area (Å²) >= 11 is 0. The molecule has 258 valence electrons. The molecule has 0 fully saturated rings. The maximum atomic E-state index is 6.24. The SMILES string of the molecule is C=C[Si](C)(C)Oc1ccc(C(C)(C)c2ccc(Oc3cccc(Oc4ccc(C(C)(C)c5ccc(O[Si](C)(C)C=C)cc5)cc4)c3)cc2)cc1. The number of hydrogen-bond donors (Lipinski definition) is 0. The molecule has 4 nitrogen and oxygen atoms in total. The zero-order chi connectivity index (χ0) is 36.2. The molecule has 0 aliphatic rings. The van der Waals surface area contributed by atoms with Gasteiger partial charge in [-0.25, -0.2) is 0 Å². The van der Waals surface area contributed by atoms with E-state index in [9.17, 15) is 0 Å². The summed E-state index contributed by atoms with van der Waals surface area (Å²) in [5.74, 6) is 4.71. The molecule has 0 radical (unpaired) electrons. The summed E-state index contributed by atoms with van der Waals surface area (Å²) in [4.78, 5) is 0. The molecule has 0 aromatic heterocycles. The van der Waals surface area contributed by atoms with Gasteiger partial charge in [0.2, 0.25) is 0 Å². The van der Waals surface area contributed by atoms with E-state index in [2.05, 4.69) is 140 Å². The molecule has 0 heterocycles.